The molecule has 0 bridgehead atoms. The van der Waals surface area contributed by atoms with E-state index in [1.165, 1.54) is 6.08 Å². The van der Waals surface area contributed by atoms with Gasteiger partial charge in [0.15, 0.2) is 0 Å². The molecule has 1 aliphatic rings. The molecule has 2 unspecified atom stereocenters. The summed E-state index contributed by atoms with van der Waals surface area (Å²) in [5.74, 6) is 0. The smallest absolute Gasteiger partial charge is 0.206 e. The van der Waals surface area contributed by atoms with Crippen LogP contribution in [0.25, 0.3) is 0 Å². The first-order valence-electron chi connectivity index (χ1n) is 3.53. The number of allylic oxidation sites excluding steroid dienone is 3. The van der Waals surface area contributed by atoms with Crippen LogP contribution in [0.2, 0.25) is 0 Å². The Morgan fingerprint density at radius 3 is 2.67 bits per heavy atom. The van der Waals surface area contributed by atoms with Crippen molar-refractivity contribution in [2.24, 2.45) is 5.73 Å². The summed E-state index contributed by atoms with van der Waals surface area (Å²) in [6, 6.07) is -0.117. The topological polar surface area (TPSA) is 26.0 Å². The number of halogens is 3. The Labute approximate surface area is 82.9 Å². The van der Waals surface area contributed by atoms with Gasteiger partial charge in [-0.2, -0.15) is 0 Å². The van der Waals surface area contributed by atoms with Crippen LogP contribution >= 0.6 is 24.0 Å². The second-order valence-electron chi connectivity index (χ2n) is 2.83. The lowest BCUT2D eigenvalue weighted by Crippen LogP contribution is -2.25. The van der Waals surface area contributed by atoms with Crippen LogP contribution in [-0.2, 0) is 0 Å². The monoisotopic (exact) mass is 211 g/mol. The van der Waals surface area contributed by atoms with Crippen LogP contribution in [0.4, 0.5) is 4.39 Å². The average molecular weight is 212 g/mol. The molecule has 0 aromatic rings. The Kier molecular flexibility index (Phi) is 4.24. The van der Waals surface area contributed by atoms with Crippen LogP contribution in [0, 0.1) is 0 Å². The van der Waals surface area contributed by atoms with Crippen molar-refractivity contribution in [1.29, 1.82) is 0 Å². The molecule has 0 radical (unpaired) electrons. The Morgan fingerprint density at radius 2 is 2.33 bits per heavy atom. The molecule has 1 nitrogen and oxygen atoms in total. The quantitative estimate of drug-likeness (QED) is 0.664. The van der Waals surface area contributed by atoms with Gasteiger partial charge in [-0.15, -0.1) is 12.4 Å². The summed E-state index contributed by atoms with van der Waals surface area (Å²) in [5.41, 5.74) is 6.41. The van der Waals surface area contributed by atoms with E-state index in [0.29, 0.717) is 0 Å². The van der Waals surface area contributed by atoms with Gasteiger partial charge < -0.3 is 5.73 Å². The molecule has 0 aliphatic heterocycles. The highest BCUT2D eigenvalue weighted by atomic mass is 35.5. The lowest BCUT2D eigenvalue weighted by atomic mass is 9.98. The molecule has 2 N–H and O–H groups in total. The highest BCUT2D eigenvalue weighted by Crippen LogP contribution is 2.31. The van der Waals surface area contributed by atoms with Gasteiger partial charge in [-0.25, -0.2) is 4.39 Å². The minimum absolute atomic E-state index is 0. The third kappa shape index (κ3) is 3.13. The number of rotatable bonds is 1. The van der Waals surface area contributed by atoms with E-state index in [0.717, 1.165) is 5.57 Å². The molecule has 1 rings (SSSR count). The SMILES string of the molecule is CC(N)C1=CC=CC(F)(Cl)C1.Cl. The minimum Gasteiger partial charge on any atom is -0.324 e. The zero-order valence-electron chi connectivity index (χ0n) is 6.76. The first-order chi connectivity index (χ1) is 5.01. The molecule has 0 aromatic heterocycles. The van der Waals surface area contributed by atoms with Crippen molar-refractivity contribution in [3.63, 3.8) is 0 Å². The van der Waals surface area contributed by atoms with Gasteiger partial charge in [0.25, 0.3) is 0 Å². The van der Waals surface area contributed by atoms with Gasteiger partial charge >= 0.3 is 0 Å². The van der Waals surface area contributed by atoms with E-state index >= 15 is 0 Å². The summed E-state index contributed by atoms with van der Waals surface area (Å²) in [4.78, 5) is 0. The Balaban J connectivity index is 0.00000121. The third-order valence-corrected chi connectivity index (χ3v) is 1.93. The molecule has 0 saturated heterocycles. The largest absolute Gasteiger partial charge is 0.324 e. The van der Waals surface area contributed by atoms with E-state index in [1.54, 1.807) is 6.08 Å². The molecule has 0 aromatic carbocycles. The summed E-state index contributed by atoms with van der Waals surface area (Å²) < 4.78 is 13.1. The Bertz CT molecular complexity index is 209. The minimum atomic E-state index is -1.72. The van der Waals surface area contributed by atoms with E-state index < -0.39 is 5.13 Å². The maximum atomic E-state index is 13.1. The number of alkyl halides is 2. The zero-order valence-corrected chi connectivity index (χ0v) is 8.33. The predicted octanol–water partition coefficient (Wildman–Crippen LogP) is 2.55. The second-order valence-corrected chi connectivity index (χ2v) is 3.46. The summed E-state index contributed by atoms with van der Waals surface area (Å²) in [6.07, 6.45) is 4.95. The van der Waals surface area contributed by atoms with Gasteiger partial charge in [0.2, 0.25) is 5.13 Å². The van der Waals surface area contributed by atoms with Crippen LogP contribution in [0.1, 0.15) is 13.3 Å². The van der Waals surface area contributed by atoms with Crippen molar-refractivity contribution in [3.8, 4) is 0 Å². The van der Waals surface area contributed by atoms with Gasteiger partial charge in [0.05, 0.1) is 0 Å². The van der Waals surface area contributed by atoms with Crippen LogP contribution in [0.3, 0.4) is 0 Å². The van der Waals surface area contributed by atoms with Crippen molar-refractivity contribution in [1.82, 2.24) is 0 Å². The number of hydrogen-bond donors (Lipinski definition) is 1. The van der Waals surface area contributed by atoms with Crippen LogP contribution in [0.5, 0.6) is 0 Å². The summed E-state index contributed by atoms with van der Waals surface area (Å²) in [6.45, 7) is 1.82. The van der Waals surface area contributed by atoms with Crippen LogP contribution < -0.4 is 5.73 Å². The highest BCUT2D eigenvalue weighted by molar-refractivity contribution is 6.24. The molecule has 12 heavy (non-hydrogen) atoms. The van der Waals surface area contributed by atoms with E-state index in [-0.39, 0.29) is 24.9 Å². The van der Waals surface area contributed by atoms with E-state index in [4.69, 9.17) is 17.3 Å². The van der Waals surface area contributed by atoms with Gasteiger partial charge in [-0.1, -0.05) is 23.8 Å². The fraction of sp³-hybridized carbons (Fsp3) is 0.500. The van der Waals surface area contributed by atoms with Gasteiger partial charge in [-0.3, -0.25) is 0 Å². The lowest BCUT2D eigenvalue weighted by molar-refractivity contribution is 0.336. The van der Waals surface area contributed by atoms with Crippen molar-refractivity contribution in [2.75, 3.05) is 0 Å². The van der Waals surface area contributed by atoms with E-state index in [1.807, 2.05) is 13.0 Å². The molecule has 0 heterocycles. The normalized spacial score (nSPS) is 30.5. The Morgan fingerprint density at radius 1 is 1.75 bits per heavy atom. The fourth-order valence-corrected chi connectivity index (χ4v) is 1.24. The molecule has 2 atom stereocenters. The predicted molar refractivity (Wildman–Crippen MR) is 52.4 cm³/mol. The first-order valence-corrected chi connectivity index (χ1v) is 3.91. The van der Waals surface area contributed by atoms with Crippen molar-refractivity contribution >= 4 is 24.0 Å². The molecule has 0 fully saturated rings. The molecule has 70 valence electrons. The van der Waals surface area contributed by atoms with Crippen LogP contribution in [-0.4, -0.2) is 11.2 Å². The lowest BCUT2D eigenvalue weighted by Gasteiger charge is -2.21. The van der Waals surface area contributed by atoms with E-state index in [2.05, 4.69) is 0 Å². The first kappa shape index (κ1) is 11.9. The van der Waals surface area contributed by atoms with Crippen molar-refractivity contribution in [3.05, 3.63) is 23.8 Å². The molecular weight excluding hydrogens is 200 g/mol. The van der Waals surface area contributed by atoms with Crippen molar-refractivity contribution < 1.29 is 4.39 Å². The number of nitrogens with two attached hydrogens (primary N) is 1. The maximum absolute atomic E-state index is 13.1. The summed E-state index contributed by atoms with van der Waals surface area (Å²) in [5, 5.41) is -1.72. The standard InChI is InChI=1S/C8H11ClFN.ClH/c1-6(11)7-3-2-4-8(9,10)5-7;/h2-4,6H,5,11H2,1H3;1H. The maximum Gasteiger partial charge on any atom is 0.206 e. The molecule has 4 heteroatoms. The highest BCUT2D eigenvalue weighted by Gasteiger charge is 2.27. The van der Waals surface area contributed by atoms with Gasteiger partial charge in [0, 0.05) is 12.5 Å². The number of hydrogen-bond acceptors (Lipinski definition) is 1. The van der Waals surface area contributed by atoms with Crippen LogP contribution in [0.15, 0.2) is 23.8 Å². The molecular formula is C8H12Cl2FN. The molecule has 0 saturated carbocycles. The van der Waals surface area contributed by atoms with E-state index in [9.17, 15) is 4.39 Å². The Hall–Kier alpha value is -0.0500. The van der Waals surface area contributed by atoms with Crippen molar-refractivity contribution in [2.45, 2.75) is 24.5 Å². The summed E-state index contributed by atoms with van der Waals surface area (Å²) >= 11 is 5.46. The second kappa shape index (κ2) is 4.26. The molecule has 0 spiro atoms. The third-order valence-electron chi connectivity index (χ3n) is 1.68. The zero-order chi connectivity index (χ0) is 8.48. The molecule has 1 aliphatic carbocycles. The van der Waals surface area contributed by atoms with Gasteiger partial charge in [0.1, 0.15) is 0 Å². The average Bonchev–Trinajstić information content (AvgIpc) is 1.85. The fourth-order valence-electron chi connectivity index (χ4n) is 1.02. The van der Waals surface area contributed by atoms with Gasteiger partial charge in [-0.05, 0) is 18.6 Å². The summed E-state index contributed by atoms with van der Waals surface area (Å²) in [7, 11) is 0. The molecule has 0 amide bonds.